The Morgan fingerprint density at radius 3 is 2.43 bits per heavy atom. The van der Waals surface area contributed by atoms with Gasteiger partial charge in [0.1, 0.15) is 23.6 Å². The van der Waals surface area contributed by atoms with Crippen LogP contribution in [0.2, 0.25) is 0 Å². The highest BCUT2D eigenvalue weighted by atomic mass is 19.3. The third kappa shape index (κ3) is 6.79. The van der Waals surface area contributed by atoms with E-state index in [2.05, 4.69) is 10.1 Å². The number of carbonyl (C=O) groups excluding carboxylic acids is 1. The van der Waals surface area contributed by atoms with Gasteiger partial charge in [0.2, 0.25) is 0 Å². The van der Waals surface area contributed by atoms with Gasteiger partial charge in [-0.25, -0.2) is 4.79 Å². The van der Waals surface area contributed by atoms with Crippen LogP contribution in [0, 0.1) is 0 Å². The first-order valence-corrected chi connectivity index (χ1v) is 6.97. The maximum absolute atomic E-state index is 12.3. The Morgan fingerprint density at radius 2 is 1.87 bits per heavy atom. The molecule has 0 spiro atoms. The molecule has 1 aromatic rings. The van der Waals surface area contributed by atoms with Crippen molar-refractivity contribution >= 4 is 6.09 Å². The van der Waals surface area contributed by atoms with Crippen molar-refractivity contribution in [3.05, 3.63) is 29.8 Å². The summed E-state index contributed by atoms with van der Waals surface area (Å²) < 4.78 is 33.9. The number of rotatable bonds is 6. The highest BCUT2D eigenvalue weighted by molar-refractivity contribution is 5.67. The van der Waals surface area contributed by atoms with Crippen LogP contribution in [0.15, 0.2) is 24.3 Å². The molecule has 0 bridgehead atoms. The van der Waals surface area contributed by atoms with Crippen molar-refractivity contribution in [2.45, 2.75) is 45.2 Å². The quantitative estimate of drug-likeness (QED) is 0.743. The van der Waals surface area contributed by atoms with Gasteiger partial charge < -0.3 is 25.0 Å². The molecule has 0 fully saturated rings. The third-order valence-corrected chi connectivity index (χ3v) is 2.67. The molecule has 0 aliphatic carbocycles. The van der Waals surface area contributed by atoms with Gasteiger partial charge in [-0.2, -0.15) is 8.78 Å². The normalized spacial score (nSPS) is 14.3. The van der Waals surface area contributed by atoms with E-state index in [-0.39, 0.29) is 17.9 Å². The molecule has 1 rings (SSSR count). The van der Waals surface area contributed by atoms with E-state index in [9.17, 15) is 23.8 Å². The molecular weight excluding hydrogens is 312 g/mol. The monoisotopic (exact) mass is 333 g/mol. The Balaban J connectivity index is 2.67. The lowest BCUT2D eigenvalue weighted by molar-refractivity contribution is -0.0537. The lowest BCUT2D eigenvalue weighted by Crippen LogP contribution is -2.38. The predicted molar refractivity (Wildman–Crippen MR) is 78.3 cm³/mol. The van der Waals surface area contributed by atoms with Crippen molar-refractivity contribution in [2.24, 2.45) is 0 Å². The molecule has 0 heterocycles. The average Bonchev–Trinajstić information content (AvgIpc) is 2.42. The molecule has 8 heteroatoms. The molecular formula is C15H21F2NO5. The number of alkyl halides is 2. The molecule has 3 N–H and O–H groups in total. The maximum Gasteiger partial charge on any atom is 0.407 e. The van der Waals surface area contributed by atoms with Crippen LogP contribution in [0.1, 0.15) is 32.4 Å². The molecule has 2 unspecified atom stereocenters. The molecule has 2 atom stereocenters. The molecule has 6 nitrogen and oxygen atoms in total. The molecule has 0 radical (unpaired) electrons. The van der Waals surface area contributed by atoms with E-state index in [1.165, 1.54) is 24.3 Å². The van der Waals surface area contributed by atoms with E-state index < -0.39 is 30.5 Å². The van der Waals surface area contributed by atoms with Crippen LogP contribution >= 0.6 is 0 Å². The highest BCUT2D eigenvalue weighted by Crippen LogP contribution is 2.28. The maximum atomic E-state index is 12.3. The molecule has 0 aromatic heterocycles. The largest absolute Gasteiger partial charge is 0.444 e. The van der Waals surface area contributed by atoms with Crippen LogP contribution in [-0.4, -0.2) is 41.2 Å². The highest BCUT2D eigenvalue weighted by Gasteiger charge is 2.24. The van der Waals surface area contributed by atoms with Gasteiger partial charge >= 0.3 is 12.7 Å². The topological polar surface area (TPSA) is 88.0 Å². The number of hydrogen-bond acceptors (Lipinski definition) is 5. The van der Waals surface area contributed by atoms with Crippen molar-refractivity contribution in [2.75, 3.05) is 6.54 Å². The summed E-state index contributed by atoms with van der Waals surface area (Å²) in [6.07, 6.45) is -3.70. The van der Waals surface area contributed by atoms with Gasteiger partial charge in [0, 0.05) is 12.1 Å². The van der Waals surface area contributed by atoms with Crippen molar-refractivity contribution < 1.29 is 33.3 Å². The van der Waals surface area contributed by atoms with Crippen molar-refractivity contribution in [1.29, 1.82) is 0 Å². The molecule has 1 aromatic carbocycles. The summed E-state index contributed by atoms with van der Waals surface area (Å²) in [6.45, 7) is 1.65. The van der Waals surface area contributed by atoms with E-state index >= 15 is 0 Å². The standard InChI is InChI=1S/C15H21F2NO5/c1-15(2,3)23-14(21)18-8-10(19)12(20)9-6-4-5-7-11(9)22-13(16)17/h4-7,10,12-13,19-20H,8H2,1-3H3,(H,18,21). The van der Waals surface area contributed by atoms with Gasteiger partial charge in [-0.15, -0.1) is 0 Å². The Bertz CT molecular complexity index is 519. The minimum atomic E-state index is -3.06. The SMILES string of the molecule is CC(C)(C)OC(=O)NCC(O)C(O)c1ccccc1OC(F)F. The van der Waals surface area contributed by atoms with Crippen LogP contribution in [-0.2, 0) is 4.74 Å². The summed E-state index contributed by atoms with van der Waals surface area (Å²) in [6, 6.07) is 5.56. The van der Waals surface area contributed by atoms with E-state index in [4.69, 9.17) is 4.74 Å². The minimum Gasteiger partial charge on any atom is -0.444 e. The first kappa shape index (κ1) is 19.1. The van der Waals surface area contributed by atoms with Gasteiger partial charge in [-0.1, -0.05) is 18.2 Å². The molecule has 23 heavy (non-hydrogen) atoms. The Labute approximate surface area is 133 Å². The summed E-state index contributed by atoms with van der Waals surface area (Å²) in [7, 11) is 0. The lowest BCUT2D eigenvalue weighted by atomic mass is 10.0. The van der Waals surface area contributed by atoms with E-state index in [1.54, 1.807) is 20.8 Å². The first-order chi connectivity index (χ1) is 10.6. The fourth-order valence-electron chi connectivity index (χ4n) is 1.75. The van der Waals surface area contributed by atoms with Crippen LogP contribution in [0.4, 0.5) is 13.6 Å². The van der Waals surface area contributed by atoms with Crippen molar-refractivity contribution in [3.8, 4) is 5.75 Å². The minimum absolute atomic E-state index is 0.00807. The zero-order valence-electron chi connectivity index (χ0n) is 13.1. The van der Waals surface area contributed by atoms with Gasteiger partial charge in [-0.3, -0.25) is 0 Å². The van der Waals surface area contributed by atoms with Crippen molar-refractivity contribution in [1.82, 2.24) is 5.32 Å². The molecule has 0 saturated heterocycles. The molecule has 0 aliphatic heterocycles. The van der Waals surface area contributed by atoms with Crippen LogP contribution < -0.4 is 10.1 Å². The van der Waals surface area contributed by atoms with Crippen LogP contribution in [0.3, 0.4) is 0 Å². The second-order valence-corrected chi connectivity index (χ2v) is 5.81. The van der Waals surface area contributed by atoms with E-state index in [1.807, 2.05) is 0 Å². The number of para-hydroxylation sites is 1. The molecule has 130 valence electrons. The summed E-state index contributed by atoms with van der Waals surface area (Å²) >= 11 is 0. The van der Waals surface area contributed by atoms with E-state index in [0.29, 0.717) is 0 Å². The fourth-order valence-corrected chi connectivity index (χ4v) is 1.75. The van der Waals surface area contributed by atoms with E-state index in [0.717, 1.165) is 0 Å². The molecule has 0 aliphatic rings. The van der Waals surface area contributed by atoms with Gasteiger partial charge in [0.05, 0.1) is 0 Å². The molecule has 1 amide bonds. The average molecular weight is 333 g/mol. The number of amides is 1. The summed E-state index contributed by atoms with van der Waals surface area (Å²) in [5.41, 5.74) is -0.711. The van der Waals surface area contributed by atoms with Gasteiger partial charge in [-0.05, 0) is 26.8 Å². The number of hydrogen-bond donors (Lipinski definition) is 3. The Kier molecular flexibility index (Phi) is 6.71. The van der Waals surface area contributed by atoms with Crippen molar-refractivity contribution in [3.63, 3.8) is 0 Å². The number of ether oxygens (including phenoxy) is 2. The summed E-state index contributed by atoms with van der Waals surface area (Å²) in [5.74, 6) is -0.244. The number of nitrogens with one attached hydrogen (secondary N) is 1. The predicted octanol–water partition coefficient (Wildman–Crippen LogP) is 2.21. The van der Waals surface area contributed by atoms with Crippen LogP contribution in [0.25, 0.3) is 0 Å². The van der Waals surface area contributed by atoms with Gasteiger partial charge in [0.15, 0.2) is 0 Å². The zero-order valence-corrected chi connectivity index (χ0v) is 13.1. The second-order valence-electron chi connectivity index (χ2n) is 5.81. The number of benzene rings is 1. The summed E-state index contributed by atoms with van der Waals surface area (Å²) in [4.78, 5) is 11.5. The Hall–Kier alpha value is -1.93. The number of aliphatic hydroxyl groups is 2. The van der Waals surface area contributed by atoms with Gasteiger partial charge in [0.25, 0.3) is 0 Å². The number of halogens is 2. The first-order valence-electron chi connectivity index (χ1n) is 6.97. The lowest BCUT2D eigenvalue weighted by Gasteiger charge is -2.23. The number of aliphatic hydroxyl groups excluding tert-OH is 2. The number of carbonyl (C=O) groups is 1. The third-order valence-electron chi connectivity index (χ3n) is 2.67. The Morgan fingerprint density at radius 1 is 1.26 bits per heavy atom. The summed E-state index contributed by atoms with van der Waals surface area (Å²) in [5, 5.41) is 22.3. The number of alkyl carbamates (subject to hydrolysis) is 1. The second kappa shape index (κ2) is 8.07. The zero-order chi connectivity index (χ0) is 17.6. The smallest absolute Gasteiger partial charge is 0.407 e. The molecule has 0 saturated carbocycles. The van der Waals surface area contributed by atoms with Crippen LogP contribution in [0.5, 0.6) is 5.75 Å². The fraction of sp³-hybridized carbons (Fsp3) is 0.533.